The number of hydrogen-bond acceptors (Lipinski definition) is 6. The van der Waals surface area contributed by atoms with Gasteiger partial charge in [-0.25, -0.2) is 9.97 Å². The van der Waals surface area contributed by atoms with Gasteiger partial charge in [-0.1, -0.05) is 109 Å². The predicted octanol–water partition coefficient (Wildman–Crippen LogP) is 12.0. The summed E-state index contributed by atoms with van der Waals surface area (Å²) >= 11 is 0. The maximum atomic E-state index is 11.9. The average Bonchev–Trinajstić information content (AvgIpc) is 3.77. The molecule has 0 aliphatic carbocycles. The van der Waals surface area contributed by atoms with Crippen molar-refractivity contribution in [1.82, 2.24) is 19.1 Å². The van der Waals surface area contributed by atoms with Crippen LogP contribution in [-0.2, 0) is 0 Å². The highest BCUT2D eigenvalue weighted by molar-refractivity contribution is 6.10. The Morgan fingerprint density at radius 3 is 1.12 bits per heavy atom. The first-order valence-electron chi connectivity index (χ1n) is 19.8. The second-order valence-electron chi connectivity index (χ2n) is 14.9. The molecule has 0 radical (unpaired) electrons. The van der Waals surface area contributed by atoms with Crippen LogP contribution in [0.3, 0.4) is 0 Å². The summed E-state index contributed by atoms with van der Waals surface area (Å²) in [7, 11) is 0. The Bertz CT molecular complexity index is 2870. The highest BCUT2D eigenvalue weighted by atomic mass is 16.5. The van der Waals surface area contributed by atoms with Crippen molar-refractivity contribution in [3.05, 3.63) is 170 Å². The Labute approximate surface area is 340 Å². The third-order valence-corrected chi connectivity index (χ3v) is 11.1. The first-order valence-corrected chi connectivity index (χ1v) is 19.8. The number of hydrogen-bond donors (Lipinski definition) is 2. The van der Waals surface area contributed by atoms with Gasteiger partial charge in [-0.2, -0.15) is 0 Å². The van der Waals surface area contributed by atoms with Crippen LogP contribution in [0.4, 0.5) is 0 Å². The van der Waals surface area contributed by atoms with Crippen LogP contribution in [0.15, 0.2) is 170 Å². The number of pyridine rings is 2. The van der Waals surface area contributed by atoms with Gasteiger partial charge >= 0.3 is 0 Å². The number of ether oxygens (including phenoxy) is 2. The van der Waals surface area contributed by atoms with Crippen LogP contribution < -0.4 is 9.47 Å². The zero-order chi connectivity index (χ0) is 40.0. The molecule has 6 aromatic carbocycles. The zero-order valence-corrected chi connectivity index (χ0v) is 32.5. The predicted molar refractivity (Wildman–Crippen MR) is 236 cm³/mol. The minimum absolute atomic E-state index is 0.0664. The Hall–Kier alpha value is -7.58. The summed E-state index contributed by atoms with van der Waals surface area (Å²) < 4.78 is 17.3. The lowest BCUT2D eigenvalue weighted by molar-refractivity contribution is 0.131. The van der Waals surface area contributed by atoms with Crippen LogP contribution in [0, 0.1) is 0 Å². The fourth-order valence-corrected chi connectivity index (χ4v) is 8.53. The molecule has 4 heterocycles. The smallest absolute Gasteiger partial charge is 0.180 e. The standard InChI is InChI=1S/C51H40N4O4/c1-32(58-46-25-13-7-19-38(46)40-27-29-52-50(48(40)56)54-42-21-9-3-15-34(42)35-16-4-10-22-43(35)54)31-33(2)59-47-26-14-8-20-39(47)41-28-30-53-51(49(41)57)55-44-23-11-5-17-36(44)37-18-6-12-24-45(37)55/h3-30,32-33,56-57H,31H2,1-2H3/t32-,33-/m1/s1. The van der Waals surface area contributed by atoms with Crippen molar-refractivity contribution in [2.75, 3.05) is 0 Å². The Kier molecular flexibility index (Phi) is 8.94. The number of nitrogens with zero attached hydrogens (tertiary/aromatic N) is 4. The molecule has 8 heteroatoms. The lowest BCUT2D eigenvalue weighted by atomic mass is 10.0. The molecule has 10 aromatic rings. The van der Waals surface area contributed by atoms with E-state index in [-0.39, 0.29) is 23.7 Å². The Morgan fingerprint density at radius 1 is 0.424 bits per heavy atom. The normalized spacial score (nSPS) is 12.6. The second-order valence-corrected chi connectivity index (χ2v) is 14.9. The lowest BCUT2D eigenvalue weighted by Crippen LogP contribution is -2.23. The molecular weight excluding hydrogens is 733 g/mol. The molecule has 288 valence electrons. The maximum Gasteiger partial charge on any atom is 0.180 e. The molecule has 0 aliphatic rings. The molecule has 0 unspecified atom stereocenters. The molecule has 2 atom stereocenters. The molecule has 4 aromatic heterocycles. The van der Waals surface area contributed by atoms with Crippen LogP contribution in [0.25, 0.3) is 77.5 Å². The Balaban J connectivity index is 0.917. The van der Waals surface area contributed by atoms with Gasteiger partial charge in [0.15, 0.2) is 23.1 Å². The molecule has 0 spiro atoms. The van der Waals surface area contributed by atoms with Crippen molar-refractivity contribution in [3.63, 3.8) is 0 Å². The molecule has 0 saturated heterocycles. The number of para-hydroxylation sites is 6. The van der Waals surface area contributed by atoms with Crippen molar-refractivity contribution in [1.29, 1.82) is 0 Å². The first kappa shape index (κ1) is 35.8. The van der Waals surface area contributed by atoms with E-state index in [4.69, 9.17) is 9.47 Å². The van der Waals surface area contributed by atoms with Crippen molar-refractivity contribution in [2.45, 2.75) is 32.5 Å². The molecule has 0 amide bonds. The van der Waals surface area contributed by atoms with Crippen LogP contribution >= 0.6 is 0 Å². The third kappa shape index (κ3) is 6.17. The lowest BCUT2D eigenvalue weighted by Gasteiger charge is -2.23. The van der Waals surface area contributed by atoms with Crippen LogP contribution in [-0.4, -0.2) is 41.5 Å². The topological polar surface area (TPSA) is 94.6 Å². The fraction of sp³-hybridized carbons (Fsp3) is 0.0980. The van der Waals surface area contributed by atoms with Gasteiger partial charge in [0.1, 0.15) is 11.5 Å². The van der Waals surface area contributed by atoms with Crippen LogP contribution in [0.1, 0.15) is 20.3 Å². The van der Waals surface area contributed by atoms with Gasteiger partial charge in [0.25, 0.3) is 0 Å². The summed E-state index contributed by atoms with van der Waals surface area (Å²) in [6, 6.07) is 51.8. The van der Waals surface area contributed by atoms with Gasteiger partial charge in [-0.15, -0.1) is 0 Å². The summed E-state index contributed by atoms with van der Waals surface area (Å²) in [5.41, 5.74) is 6.61. The average molecular weight is 773 g/mol. The quantitative estimate of drug-likeness (QED) is 0.144. The summed E-state index contributed by atoms with van der Waals surface area (Å²) in [4.78, 5) is 9.38. The van der Waals surface area contributed by atoms with Crippen molar-refractivity contribution >= 4 is 43.6 Å². The molecule has 0 bridgehead atoms. The molecule has 59 heavy (non-hydrogen) atoms. The van der Waals surface area contributed by atoms with E-state index in [1.54, 1.807) is 12.4 Å². The maximum absolute atomic E-state index is 11.9. The fourth-order valence-electron chi connectivity index (χ4n) is 8.53. The van der Waals surface area contributed by atoms with E-state index in [2.05, 4.69) is 34.2 Å². The van der Waals surface area contributed by atoms with Crippen LogP contribution in [0.2, 0.25) is 0 Å². The summed E-state index contributed by atoms with van der Waals surface area (Å²) in [6.45, 7) is 4.04. The van der Waals surface area contributed by atoms with Crippen molar-refractivity contribution < 1.29 is 19.7 Å². The third-order valence-electron chi connectivity index (χ3n) is 11.1. The van der Waals surface area contributed by atoms with Gasteiger partial charge in [0, 0.05) is 62.6 Å². The van der Waals surface area contributed by atoms with E-state index in [9.17, 15) is 10.2 Å². The molecule has 8 nitrogen and oxygen atoms in total. The van der Waals surface area contributed by atoms with Gasteiger partial charge in [-0.05, 0) is 62.4 Å². The van der Waals surface area contributed by atoms with E-state index in [1.807, 2.05) is 156 Å². The van der Waals surface area contributed by atoms with Crippen molar-refractivity contribution in [3.8, 4) is 56.9 Å². The molecule has 0 saturated carbocycles. The minimum Gasteiger partial charge on any atom is -0.504 e. The minimum atomic E-state index is -0.254. The van der Waals surface area contributed by atoms with Gasteiger partial charge in [0.05, 0.1) is 34.3 Å². The molecule has 0 aliphatic heterocycles. The highest BCUT2D eigenvalue weighted by Crippen LogP contribution is 2.43. The van der Waals surface area contributed by atoms with Gasteiger partial charge in [-0.3, -0.25) is 9.13 Å². The van der Waals surface area contributed by atoms with Crippen molar-refractivity contribution in [2.24, 2.45) is 0 Å². The molecule has 0 fully saturated rings. The van der Waals surface area contributed by atoms with Gasteiger partial charge < -0.3 is 19.7 Å². The first-order chi connectivity index (χ1) is 29.0. The summed E-state index contributed by atoms with van der Waals surface area (Å²) in [5.74, 6) is 2.31. The SMILES string of the molecule is C[C@H](C[C@@H](C)Oc1ccccc1-c1ccnc(-n2c3ccccc3c3ccccc32)c1O)Oc1ccccc1-c1ccnc(-n2c3ccccc3c3ccccc32)c1O. The summed E-state index contributed by atoms with van der Waals surface area (Å²) in [5, 5.41) is 28.2. The number of benzene rings is 6. The summed E-state index contributed by atoms with van der Waals surface area (Å²) in [6.07, 6.45) is 3.51. The van der Waals surface area contributed by atoms with E-state index < -0.39 is 0 Å². The van der Waals surface area contributed by atoms with E-state index in [0.29, 0.717) is 40.7 Å². The van der Waals surface area contributed by atoms with E-state index in [1.165, 1.54) is 0 Å². The van der Waals surface area contributed by atoms with Crippen LogP contribution in [0.5, 0.6) is 23.0 Å². The van der Waals surface area contributed by atoms with E-state index in [0.717, 1.165) is 54.7 Å². The highest BCUT2D eigenvalue weighted by Gasteiger charge is 2.23. The number of fused-ring (bicyclic) bond motifs is 6. The second kappa shape index (κ2) is 14.7. The number of aromatic nitrogens is 4. The zero-order valence-electron chi connectivity index (χ0n) is 32.5. The monoisotopic (exact) mass is 772 g/mol. The van der Waals surface area contributed by atoms with Gasteiger partial charge in [0.2, 0.25) is 0 Å². The number of rotatable bonds is 10. The number of aromatic hydroxyl groups is 2. The molecule has 2 N–H and O–H groups in total. The Morgan fingerprint density at radius 2 is 0.746 bits per heavy atom. The van der Waals surface area contributed by atoms with E-state index >= 15 is 0 Å². The molecule has 10 rings (SSSR count). The largest absolute Gasteiger partial charge is 0.504 e. The molecular formula is C51H40N4O4.